The number of nitrogens with zero attached hydrogens (tertiary/aromatic N) is 1. The molecule has 9 nitrogen and oxygen atoms in total. The number of esters is 1. The standard InChI is InChI=1S/C25H29NO8/c27-23-21-8-4-5-9-22(21)24(28)26(23)10-11-30-12-13-31-14-15-32-16-17-33-18-19-34-25(29)20-6-2-1-3-7-20/h1-9H,10-19H2. The van der Waals surface area contributed by atoms with Crippen molar-refractivity contribution in [2.75, 3.05) is 66.0 Å². The summed E-state index contributed by atoms with van der Waals surface area (Å²) in [6, 6.07) is 15.6. The van der Waals surface area contributed by atoms with E-state index in [1.54, 1.807) is 48.5 Å². The van der Waals surface area contributed by atoms with Crippen molar-refractivity contribution in [3.8, 4) is 0 Å². The zero-order valence-corrected chi connectivity index (χ0v) is 19.0. The molecule has 1 heterocycles. The van der Waals surface area contributed by atoms with E-state index in [2.05, 4.69) is 0 Å². The number of rotatable bonds is 16. The Balaban J connectivity index is 1.08. The summed E-state index contributed by atoms with van der Waals surface area (Å²) in [6.07, 6.45) is 0. The molecule has 1 aliphatic rings. The van der Waals surface area contributed by atoms with Crippen molar-refractivity contribution in [3.63, 3.8) is 0 Å². The van der Waals surface area contributed by atoms with Gasteiger partial charge in [-0.2, -0.15) is 0 Å². The summed E-state index contributed by atoms with van der Waals surface area (Å²) >= 11 is 0. The van der Waals surface area contributed by atoms with E-state index in [1.165, 1.54) is 4.90 Å². The van der Waals surface area contributed by atoms with E-state index in [4.69, 9.17) is 23.7 Å². The third-order valence-electron chi connectivity index (χ3n) is 4.92. The molecule has 2 aromatic carbocycles. The van der Waals surface area contributed by atoms with Crippen molar-refractivity contribution in [1.29, 1.82) is 0 Å². The normalized spacial score (nSPS) is 12.8. The molecule has 34 heavy (non-hydrogen) atoms. The van der Waals surface area contributed by atoms with Crippen LogP contribution in [-0.2, 0) is 23.7 Å². The lowest BCUT2D eigenvalue weighted by atomic mass is 10.1. The Morgan fingerprint density at radius 3 is 1.56 bits per heavy atom. The lowest BCUT2D eigenvalue weighted by Gasteiger charge is -2.13. The summed E-state index contributed by atoms with van der Waals surface area (Å²) in [7, 11) is 0. The molecule has 0 atom stereocenters. The first kappa shape index (κ1) is 25.5. The number of imide groups is 1. The molecule has 0 aliphatic carbocycles. The van der Waals surface area contributed by atoms with Gasteiger partial charge in [0.15, 0.2) is 0 Å². The van der Waals surface area contributed by atoms with Gasteiger partial charge in [-0.3, -0.25) is 14.5 Å². The molecule has 0 unspecified atom stereocenters. The van der Waals surface area contributed by atoms with Crippen molar-refractivity contribution in [1.82, 2.24) is 4.90 Å². The Kier molecular flexibility index (Phi) is 10.7. The number of carbonyl (C=O) groups excluding carboxylic acids is 3. The molecule has 2 aromatic rings. The highest BCUT2D eigenvalue weighted by atomic mass is 16.6. The fourth-order valence-electron chi connectivity index (χ4n) is 3.21. The molecular weight excluding hydrogens is 442 g/mol. The molecular formula is C25H29NO8. The molecule has 0 N–H and O–H groups in total. The van der Waals surface area contributed by atoms with Crippen LogP contribution < -0.4 is 0 Å². The Labute approximate surface area is 198 Å². The molecule has 182 valence electrons. The van der Waals surface area contributed by atoms with Crippen LogP contribution in [0.3, 0.4) is 0 Å². The van der Waals surface area contributed by atoms with Gasteiger partial charge >= 0.3 is 5.97 Å². The van der Waals surface area contributed by atoms with Gasteiger partial charge in [0.2, 0.25) is 0 Å². The number of ether oxygens (including phenoxy) is 5. The van der Waals surface area contributed by atoms with Crippen molar-refractivity contribution in [3.05, 3.63) is 71.3 Å². The van der Waals surface area contributed by atoms with Gasteiger partial charge in [-0.15, -0.1) is 0 Å². The third kappa shape index (κ3) is 7.74. The van der Waals surface area contributed by atoms with E-state index in [1.807, 2.05) is 6.07 Å². The molecule has 3 rings (SSSR count). The summed E-state index contributed by atoms with van der Waals surface area (Å²) in [5.41, 5.74) is 1.39. The largest absolute Gasteiger partial charge is 0.460 e. The number of benzene rings is 2. The summed E-state index contributed by atoms with van der Waals surface area (Å²) < 4.78 is 26.7. The summed E-state index contributed by atoms with van der Waals surface area (Å²) in [5.74, 6) is -0.935. The Bertz CT molecular complexity index is 899. The zero-order chi connectivity index (χ0) is 24.0. The van der Waals surface area contributed by atoms with Crippen molar-refractivity contribution >= 4 is 17.8 Å². The number of hydrogen-bond donors (Lipinski definition) is 0. The molecule has 0 aromatic heterocycles. The maximum absolute atomic E-state index is 12.2. The SMILES string of the molecule is O=C(OCCOCCOCCOCCOCCN1C(=O)c2ccccc2C1=O)c1ccccc1. The molecule has 0 radical (unpaired) electrons. The Hall–Kier alpha value is -3.11. The van der Waals surface area contributed by atoms with Gasteiger partial charge in [0.25, 0.3) is 11.8 Å². The second-order valence-corrected chi connectivity index (χ2v) is 7.26. The van der Waals surface area contributed by atoms with Crippen LogP contribution in [0.5, 0.6) is 0 Å². The van der Waals surface area contributed by atoms with Crippen LogP contribution in [0.4, 0.5) is 0 Å². The van der Waals surface area contributed by atoms with E-state index in [0.717, 1.165) is 0 Å². The van der Waals surface area contributed by atoms with Crippen molar-refractivity contribution in [2.24, 2.45) is 0 Å². The van der Waals surface area contributed by atoms with Gasteiger partial charge in [-0.1, -0.05) is 30.3 Å². The minimum atomic E-state index is -0.370. The van der Waals surface area contributed by atoms with Crippen LogP contribution in [-0.4, -0.2) is 88.7 Å². The molecule has 0 spiro atoms. The highest BCUT2D eigenvalue weighted by molar-refractivity contribution is 6.21. The lowest BCUT2D eigenvalue weighted by molar-refractivity contribution is -0.00982. The number of amides is 2. The third-order valence-corrected chi connectivity index (χ3v) is 4.92. The van der Waals surface area contributed by atoms with Crippen LogP contribution in [0.15, 0.2) is 54.6 Å². The fraction of sp³-hybridized carbons (Fsp3) is 0.400. The van der Waals surface area contributed by atoms with Crippen LogP contribution in [0.1, 0.15) is 31.1 Å². The van der Waals surface area contributed by atoms with Crippen molar-refractivity contribution in [2.45, 2.75) is 0 Å². The monoisotopic (exact) mass is 471 g/mol. The predicted molar refractivity (Wildman–Crippen MR) is 122 cm³/mol. The summed E-state index contributed by atoms with van der Waals surface area (Å²) in [5, 5.41) is 0. The topological polar surface area (TPSA) is 101 Å². The van der Waals surface area contributed by atoms with E-state index in [-0.39, 0.29) is 37.5 Å². The lowest BCUT2D eigenvalue weighted by Crippen LogP contribution is -2.33. The molecule has 0 saturated heterocycles. The first-order valence-corrected chi connectivity index (χ1v) is 11.2. The predicted octanol–water partition coefficient (Wildman–Crippen LogP) is 2.21. The highest BCUT2D eigenvalue weighted by Gasteiger charge is 2.34. The highest BCUT2D eigenvalue weighted by Crippen LogP contribution is 2.21. The van der Waals surface area contributed by atoms with E-state index < -0.39 is 0 Å². The van der Waals surface area contributed by atoms with Gasteiger partial charge < -0.3 is 23.7 Å². The van der Waals surface area contributed by atoms with Gasteiger partial charge in [0.05, 0.1) is 76.1 Å². The zero-order valence-electron chi connectivity index (χ0n) is 19.0. The minimum Gasteiger partial charge on any atom is -0.460 e. The summed E-state index contributed by atoms with van der Waals surface area (Å²) in [6.45, 7) is 3.32. The Morgan fingerprint density at radius 1 is 0.588 bits per heavy atom. The van der Waals surface area contributed by atoms with E-state index in [9.17, 15) is 14.4 Å². The molecule has 0 saturated carbocycles. The molecule has 1 aliphatic heterocycles. The summed E-state index contributed by atoms with van der Waals surface area (Å²) in [4.78, 5) is 37.4. The van der Waals surface area contributed by atoms with Gasteiger partial charge in [-0.25, -0.2) is 4.79 Å². The second kappa shape index (κ2) is 14.2. The fourth-order valence-corrected chi connectivity index (χ4v) is 3.21. The van der Waals surface area contributed by atoms with Crippen LogP contribution in [0.2, 0.25) is 0 Å². The van der Waals surface area contributed by atoms with Gasteiger partial charge in [0.1, 0.15) is 6.61 Å². The average molecular weight is 472 g/mol. The van der Waals surface area contributed by atoms with E-state index >= 15 is 0 Å². The van der Waals surface area contributed by atoms with Crippen molar-refractivity contribution < 1.29 is 38.1 Å². The molecule has 0 bridgehead atoms. The maximum Gasteiger partial charge on any atom is 0.338 e. The van der Waals surface area contributed by atoms with Crippen LogP contribution >= 0.6 is 0 Å². The second-order valence-electron chi connectivity index (χ2n) is 7.26. The molecule has 2 amide bonds. The van der Waals surface area contributed by atoms with Gasteiger partial charge in [0, 0.05) is 0 Å². The first-order chi connectivity index (χ1) is 16.7. The number of fused-ring (bicyclic) bond motifs is 1. The minimum absolute atomic E-state index is 0.184. The average Bonchev–Trinajstić information content (AvgIpc) is 3.11. The number of carbonyl (C=O) groups is 3. The first-order valence-electron chi connectivity index (χ1n) is 11.2. The van der Waals surface area contributed by atoms with Gasteiger partial charge in [-0.05, 0) is 24.3 Å². The smallest absolute Gasteiger partial charge is 0.338 e. The molecule has 9 heteroatoms. The quantitative estimate of drug-likeness (QED) is 0.209. The molecule has 0 fully saturated rings. The number of hydrogen-bond acceptors (Lipinski definition) is 8. The maximum atomic E-state index is 12.2. The van der Waals surface area contributed by atoms with Crippen LogP contribution in [0.25, 0.3) is 0 Å². The van der Waals surface area contributed by atoms with Crippen LogP contribution in [0, 0.1) is 0 Å². The Morgan fingerprint density at radius 2 is 1.03 bits per heavy atom. The van der Waals surface area contributed by atoms with E-state index in [0.29, 0.717) is 62.9 Å².